The SMILES string of the molecule is CC(=O)NC[C@@H](C)CCC(=O)[C@@H](C)C1C(=O)CC2[C@@H]3CC=C4C[C@@H](O)CC[C@]4(C)C3CC[C@@]21C. The quantitative estimate of drug-likeness (QED) is 0.519. The summed E-state index contributed by atoms with van der Waals surface area (Å²) in [7, 11) is 0. The average Bonchev–Trinajstić information content (AvgIpc) is 3.05. The summed E-state index contributed by atoms with van der Waals surface area (Å²) in [4.78, 5) is 37.8. The molecular weight excluding hydrogens is 426 g/mol. The third-order valence-electron chi connectivity index (χ3n) is 10.6. The zero-order valence-electron chi connectivity index (χ0n) is 21.9. The average molecular weight is 472 g/mol. The van der Waals surface area contributed by atoms with E-state index in [1.165, 1.54) is 12.5 Å². The van der Waals surface area contributed by atoms with Gasteiger partial charge in [-0.25, -0.2) is 0 Å². The van der Waals surface area contributed by atoms with Crippen LogP contribution in [-0.2, 0) is 14.4 Å². The van der Waals surface area contributed by atoms with Crippen LogP contribution in [0.3, 0.4) is 0 Å². The van der Waals surface area contributed by atoms with Gasteiger partial charge in [0, 0.05) is 38.1 Å². The van der Waals surface area contributed by atoms with Crippen LogP contribution in [0.5, 0.6) is 0 Å². The van der Waals surface area contributed by atoms with Gasteiger partial charge in [-0.3, -0.25) is 14.4 Å². The number of aliphatic hydroxyl groups excluding tert-OH is 1. The Hall–Kier alpha value is -1.49. The van der Waals surface area contributed by atoms with E-state index in [1.807, 2.05) is 6.92 Å². The first-order valence-corrected chi connectivity index (χ1v) is 13.6. The van der Waals surface area contributed by atoms with E-state index in [9.17, 15) is 19.5 Å². The van der Waals surface area contributed by atoms with Crippen LogP contribution in [0.25, 0.3) is 0 Å². The van der Waals surface area contributed by atoms with Crippen LogP contribution < -0.4 is 5.32 Å². The summed E-state index contributed by atoms with van der Waals surface area (Å²) in [5.74, 6) is 1.78. The van der Waals surface area contributed by atoms with E-state index in [0.717, 1.165) is 44.9 Å². The van der Waals surface area contributed by atoms with Crippen molar-refractivity contribution in [3.8, 4) is 0 Å². The standard InChI is InChI=1S/C29H45NO4/c1-17(16-30-19(3)31)6-9-25(33)18(2)27-26(34)15-24-22-8-7-20-14-21(32)10-12-28(20,4)23(22)11-13-29(24,27)5/h7,17-18,21-24,27,32H,6,8-16H2,1-5H3,(H,30,31)/t17-,18+,21-,22+,23?,24?,27?,28-,29-/m0/s1. The van der Waals surface area contributed by atoms with Gasteiger partial charge >= 0.3 is 0 Å². The number of carbonyl (C=O) groups is 3. The van der Waals surface area contributed by atoms with Crippen LogP contribution in [0.2, 0.25) is 0 Å². The number of ketones is 2. The van der Waals surface area contributed by atoms with Crippen molar-refractivity contribution in [2.45, 2.75) is 98.5 Å². The molecule has 0 saturated heterocycles. The monoisotopic (exact) mass is 471 g/mol. The Bertz CT molecular complexity index is 864. The fraction of sp³-hybridized carbons (Fsp3) is 0.828. The molecule has 3 fully saturated rings. The van der Waals surface area contributed by atoms with Crippen molar-refractivity contribution in [2.75, 3.05) is 6.54 Å². The van der Waals surface area contributed by atoms with Gasteiger partial charge in [0.25, 0.3) is 0 Å². The first kappa shape index (κ1) is 25.6. The number of hydrogen-bond donors (Lipinski definition) is 2. The minimum atomic E-state index is -0.234. The van der Waals surface area contributed by atoms with Crippen molar-refractivity contribution in [3.63, 3.8) is 0 Å². The second-order valence-electron chi connectivity index (χ2n) is 12.7. The van der Waals surface area contributed by atoms with Crippen LogP contribution in [0.15, 0.2) is 11.6 Å². The molecule has 9 atom stereocenters. The summed E-state index contributed by atoms with van der Waals surface area (Å²) in [6, 6.07) is 0. The van der Waals surface area contributed by atoms with Gasteiger partial charge in [0.2, 0.25) is 5.91 Å². The highest BCUT2D eigenvalue weighted by Crippen LogP contribution is 2.66. The minimum Gasteiger partial charge on any atom is -0.393 e. The van der Waals surface area contributed by atoms with Crippen LogP contribution in [0.4, 0.5) is 0 Å². The summed E-state index contributed by atoms with van der Waals surface area (Å²) in [5, 5.41) is 13.1. The summed E-state index contributed by atoms with van der Waals surface area (Å²) >= 11 is 0. The molecule has 5 heteroatoms. The van der Waals surface area contributed by atoms with E-state index in [0.29, 0.717) is 42.9 Å². The van der Waals surface area contributed by atoms with Crippen molar-refractivity contribution < 1.29 is 19.5 Å². The van der Waals surface area contributed by atoms with Gasteiger partial charge in [-0.1, -0.05) is 39.3 Å². The molecule has 0 aliphatic heterocycles. The van der Waals surface area contributed by atoms with Crippen LogP contribution in [-0.4, -0.2) is 35.2 Å². The number of allylic oxidation sites excluding steroid dienone is 1. The first-order chi connectivity index (χ1) is 16.0. The van der Waals surface area contributed by atoms with Crippen LogP contribution >= 0.6 is 0 Å². The van der Waals surface area contributed by atoms with Gasteiger partial charge in [-0.15, -0.1) is 0 Å². The molecule has 0 spiro atoms. The summed E-state index contributed by atoms with van der Waals surface area (Å²) in [6.45, 7) is 10.9. The van der Waals surface area contributed by atoms with E-state index in [-0.39, 0.29) is 46.4 Å². The highest BCUT2D eigenvalue weighted by molar-refractivity contribution is 5.92. The normalized spacial score (nSPS) is 40.9. The molecule has 4 aliphatic rings. The molecule has 4 rings (SSSR count). The largest absolute Gasteiger partial charge is 0.393 e. The van der Waals surface area contributed by atoms with Crippen molar-refractivity contribution in [2.24, 2.45) is 46.3 Å². The van der Waals surface area contributed by atoms with Crippen LogP contribution in [0, 0.1) is 46.3 Å². The van der Waals surface area contributed by atoms with Gasteiger partial charge < -0.3 is 10.4 Å². The lowest BCUT2D eigenvalue weighted by Crippen LogP contribution is -2.51. The third kappa shape index (κ3) is 4.42. The maximum absolute atomic E-state index is 13.4. The van der Waals surface area contributed by atoms with E-state index in [2.05, 4.69) is 32.2 Å². The second kappa shape index (κ2) is 9.52. The molecule has 0 aromatic heterocycles. The molecule has 0 heterocycles. The molecule has 34 heavy (non-hydrogen) atoms. The predicted octanol–water partition coefficient (Wildman–Crippen LogP) is 4.86. The Kier molecular flexibility index (Phi) is 7.17. The van der Waals surface area contributed by atoms with Gasteiger partial charge in [-0.05, 0) is 79.4 Å². The topological polar surface area (TPSA) is 83.5 Å². The molecule has 0 bridgehead atoms. The van der Waals surface area contributed by atoms with E-state index in [4.69, 9.17) is 0 Å². The zero-order chi connectivity index (χ0) is 24.8. The number of aliphatic hydroxyl groups is 1. The van der Waals surface area contributed by atoms with Gasteiger partial charge in [0.1, 0.15) is 11.6 Å². The fourth-order valence-electron chi connectivity index (χ4n) is 8.54. The van der Waals surface area contributed by atoms with Crippen molar-refractivity contribution >= 4 is 17.5 Å². The van der Waals surface area contributed by atoms with E-state index >= 15 is 0 Å². The predicted molar refractivity (Wildman–Crippen MR) is 133 cm³/mol. The Morgan fingerprint density at radius 1 is 1.15 bits per heavy atom. The zero-order valence-corrected chi connectivity index (χ0v) is 21.9. The molecular formula is C29H45NO4. The first-order valence-electron chi connectivity index (χ1n) is 13.6. The third-order valence-corrected chi connectivity index (χ3v) is 10.6. The molecule has 4 aliphatic carbocycles. The van der Waals surface area contributed by atoms with Gasteiger partial charge in [-0.2, -0.15) is 0 Å². The Morgan fingerprint density at radius 3 is 2.59 bits per heavy atom. The molecule has 3 saturated carbocycles. The number of amides is 1. The van der Waals surface area contributed by atoms with Gasteiger partial charge in [0.05, 0.1) is 6.10 Å². The number of carbonyl (C=O) groups excluding carboxylic acids is 3. The second-order valence-corrected chi connectivity index (χ2v) is 12.7. The summed E-state index contributed by atoms with van der Waals surface area (Å²) in [6.07, 6.45) is 9.96. The lowest BCUT2D eigenvalue weighted by atomic mass is 9.47. The minimum absolute atomic E-state index is 0.0411. The molecule has 1 amide bonds. The number of rotatable bonds is 7. The summed E-state index contributed by atoms with van der Waals surface area (Å²) in [5.41, 5.74) is 1.52. The maximum atomic E-state index is 13.4. The Morgan fingerprint density at radius 2 is 1.88 bits per heavy atom. The Labute approximate surface area is 205 Å². The number of Topliss-reactive ketones (excluding diaryl/α,β-unsaturated/α-hetero) is 2. The van der Waals surface area contributed by atoms with Crippen molar-refractivity contribution in [1.82, 2.24) is 5.32 Å². The lowest BCUT2D eigenvalue weighted by molar-refractivity contribution is -0.134. The van der Waals surface area contributed by atoms with Gasteiger partial charge in [0.15, 0.2) is 0 Å². The summed E-state index contributed by atoms with van der Waals surface area (Å²) < 4.78 is 0. The lowest BCUT2D eigenvalue weighted by Gasteiger charge is -2.58. The molecule has 190 valence electrons. The number of nitrogens with one attached hydrogen (secondary N) is 1. The van der Waals surface area contributed by atoms with Crippen molar-refractivity contribution in [3.05, 3.63) is 11.6 Å². The molecule has 0 aromatic rings. The van der Waals surface area contributed by atoms with Crippen LogP contribution in [0.1, 0.15) is 92.4 Å². The molecule has 5 nitrogen and oxygen atoms in total. The molecule has 2 N–H and O–H groups in total. The highest BCUT2D eigenvalue weighted by atomic mass is 16.3. The van der Waals surface area contributed by atoms with E-state index < -0.39 is 0 Å². The molecule has 0 radical (unpaired) electrons. The Balaban J connectivity index is 1.46. The van der Waals surface area contributed by atoms with E-state index in [1.54, 1.807) is 0 Å². The number of hydrogen-bond acceptors (Lipinski definition) is 4. The molecule has 0 aromatic carbocycles. The smallest absolute Gasteiger partial charge is 0.216 e. The maximum Gasteiger partial charge on any atom is 0.216 e. The number of fused-ring (bicyclic) bond motifs is 5. The highest BCUT2D eigenvalue weighted by Gasteiger charge is 2.62. The fourth-order valence-corrected chi connectivity index (χ4v) is 8.54. The molecule has 3 unspecified atom stereocenters. The van der Waals surface area contributed by atoms with Crippen molar-refractivity contribution in [1.29, 1.82) is 0 Å².